The first-order valence-electron chi connectivity index (χ1n) is 9.58. The fourth-order valence-electron chi connectivity index (χ4n) is 4.87. The molecular formula is C21H29N3OS. The SMILES string of the molecule is CSc1ccc2nc(N3CC[C@@]4(CO)CCCN(C)[C@@H]4C3)cc(C)c2c1. The number of piperidine rings is 2. The van der Waals surface area contributed by atoms with E-state index in [4.69, 9.17) is 4.98 Å². The van der Waals surface area contributed by atoms with Crippen LogP contribution in [-0.2, 0) is 0 Å². The van der Waals surface area contributed by atoms with Gasteiger partial charge in [0.2, 0.25) is 0 Å². The molecule has 2 aromatic rings. The Hall–Kier alpha value is -1.30. The van der Waals surface area contributed by atoms with E-state index in [9.17, 15) is 5.11 Å². The van der Waals surface area contributed by atoms with Crippen LogP contribution in [0.4, 0.5) is 5.82 Å². The van der Waals surface area contributed by atoms with Crippen LogP contribution in [0.5, 0.6) is 0 Å². The Kier molecular flexibility index (Phi) is 4.88. The molecule has 3 heterocycles. The topological polar surface area (TPSA) is 39.6 Å². The van der Waals surface area contributed by atoms with Gasteiger partial charge in [-0.05, 0) is 75.9 Å². The number of fused-ring (bicyclic) bond motifs is 2. The van der Waals surface area contributed by atoms with Gasteiger partial charge in [0.05, 0.1) is 12.1 Å². The van der Waals surface area contributed by atoms with Gasteiger partial charge in [0.25, 0.3) is 0 Å². The number of aryl methyl sites for hydroxylation is 1. The third-order valence-corrected chi connectivity index (χ3v) is 7.27. The molecule has 2 aliphatic rings. The zero-order chi connectivity index (χ0) is 18.3. The lowest BCUT2D eigenvalue weighted by Gasteiger charge is -2.53. The van der Waals surface area contributed by atoms with Crippen molar-refractivity contribution in [3.8, 4) is 0 Å². The zero-order valence-corrected chi connectivity index (χ0v) is 16.9. The minimum Gasteiger partial charge on any atom is -0.396 e. The van der Waals surface area contributed by atoms with E-state index in [1.165, 1.54) is 22.3 Å². The first kappa shape index (κ1) is 18.1. The van der Waals surface area contributed by atoms with E-state index in [0.717, 1.165) is 43.8 Å². The summed E-state index contributed by atoms with van der Waals surface area (Å²) in [4.78, 5) is 11.1. The van der Waals surface area contributed by atoms with Crippen molar-refractivity contribution in [2.75, 3.05) is 44.4 Å². The van der Waals surface area contributed by atoms with E-state index in [0.29, 0.717) is 12.6 Å². The highest BCUT2D eigenvalue weighted by Gasteiger charge is 2.46. The van der Waals surface area contributed by atoms with Gasteiger partial charge in [-0.25, -0.2) is 4.98 Å². The summed E-state index contributed by atoms with van der Waals surface area (Å²) in [7, 11) is 2.21. The van der Waals surface area contributed by atoms with E-state index in [-0.39, 0.29) is 5.41 Å². The lowest BCUT2D eigenvalue weighted by Crippen LogP contribution is -2.61. The van der Waals surface area contributed by atoms with Gasteiger partial charge >= 0.3 is 0 Å². The van der Waals surface area contributed by atoms with Crippen molar-refractivity contribution >= 4 is 28.5 Å². The predicted molar refractivity (Wildman–Crippen MR) is 110 cm³/mol. The number of aliphatic hydroxyl groups is 1. The monoisotopic (exact) mass is 371 g/mol. The summed E-state index contributed by atoms with van der Waals surface area (Å²) in [6, 6.07) is 9.19. The normalized spacial score (nSPS) is 26.9. The highest BCUT2D eigenvalue weighted by Crippen LogP contribution is 2.42. The molecule has 0 spiro atoms. The van der Waals surface area contributed by atoms with Gasteiger partial charge in [-0.3, -0.25) is 0 Å². The molecule has 2 fully saturated rings. The number of benzene rings is 1. The number of hydrogen-bond acceptors (Lipinski definition) is 5. The van der Waals surface area contributed by atoms with Crippen LogP contribution in [0.2, 0.25) is 0 Å². The molecular weight excluding hydrogens is 342 g/mol. The van der Waals surface area contributed by atoms with Crippen LogP contribution in [0, 0.1) is 12.3 Å². The second-order valence-electron chi connectivity index (χ2n) is 8.00. The maximum absolute atomic E-state index is 10.1. The quantitative estimate of drug-likeness (QED) is 0.836. The predicted octanol–water partition coefficient (Wildman–Crippen LogP) is 3.55. The molecule has 1 aromatic heterocycles. The fourth-order valence-corrected chi connectivity index (χ4v) is 5.31. The van der Waals surface area contributed by atoms with Gasteiger partial charge < -0.3 is 14.9 Å². The highest BCUT2D eigenvalue weighted by molar-refractivity contribution is 7.98. The number of anilines is 1. The summed E-state index contributed by atoms with van der Waals surface area (Å²) < 4.78 is 0. The molecule has 4 rings (SSSR count). The third kappa shape index (κ3) is 3.00. The van der Waals surface area contributed by atoms with Crippen LogP contribution in [0.15, 0.2) is 29.2 Å². The molecule has 0 aliphatic carbocycles. The first-order valence-corrected chi connectivity index (χ1v) is 10.8. The van der Waals surface area contributed by atoms with Crippen LogP contribution in [-0.4, -0.2) is 60.6 Å². The molecule has 4 nitrogen and oxygen atoms in total. The molecule has 26 heavy (non-hydrogen) atoms. The van der Waals surface area contributed by atoms with Gasteiger partial charge in [-0.2, -0.15) is 0 Å². The molecule has 0 saturated carbocycles. The fraction of sp³-hybridized carbons (Fsp3) is 0.571. The molecule has 0 radical (unpaired) electrons. The second kappa shape index (κ2) is 7.02. The molecule has 1 N–H and O–H groups in total. The van der Waals surface area contributed by atoms with E-state index < -0.39 is 0 Å². The second-order valence-corrected chi connectivity index (χ2v) is 8.88. The minimum atomic E-state index is 0.0721. The van der Waals surface area contributed by atoms with E-state index >= 15 is 0 Å². The Balaban J connectivity index is 1.66. The Labute approximate surface area is 160 Å². The van der Waals surface area contributed by atoms with Gasteiger partial charge in [-0.15, -0.1) is 11.8 Å². The molecule has 2 saturated heterocycles. The van der Waals surface area contributed by atoms with Crippen molar-refractivity contribution in [3.05, 3.63) is 29.8 Å². The van der Waals surface area contributed by atoms with E-state index in [2.05, 4.69) is 54.3 Å². The summed E-state index contributed by atoms with van der Waals surface area (Å²) in [5, 5.41) is 11.4. The summed E-state index contributed by atoms with van der Waals surface area (Å²) >= 11 is 1.77. The summed E-state index contributed by atoms with van der Waals surface area (Å²) in [6.45, 7) is 5.55. The van der Waals surface area contributed by atoms with Crippen LogP contribution in [0.1, 0.15) is 24.8 Å². The summed E-state index contributed by atoms with van der Waals surface area (Å²) in [5.74, 6) is 1.08. The smallest absolute Gasteiger partial charge is 0.129 e. The average Bonchev–Trinajstić information content (AvgIpc) is 2.67. The number of likely N-dealkylation sites (tertiary alicyclic amines) is 1. The molecule has 0 bridgehead atoms. The Morgan fingerprint density at radius 3 is 2.88 bits per heavy atom. The van der Waals surface area contributed by atoms with E-state index in [1.807, 2.05) is 0 Å². The van der Waals surface area contributed by atoms with Crippen LogP contribution >= 0.6 is 11.8 Å². The number of aromatic nitrogens is 1. The van der Waals surface area contributed by atoms with Crippen LogP contribution < -0.4 is 4.90 Å². The Bertz CT molecular complexity index is 811. The number of thioether (sulfide) groups is 1. The number of aliphatic hydroxyl groups excluding tert-OH is 1. The third-order valence-electron chi connectivity index (χ3n) is 6.55. The highest BCUT2D eigenvalue weighted by atomic mass is 32.2. The van der Waals surface area contributed by atoms with Crippen molar-refractivity contribution in [1.29, 1.82) is 0 Å². The minimum absolute atomic E-state index is 0.0721. The molecule has 0 unspecified atom stereocenters. The Morgan fingerprint density at radius 1 is 1.27 bits per heavy atom. The first-order chi connectivity index (χ1) is 12.6. The maximum Gasteiger partial charge on any atom is 0.129 e. The molecule has 0 amide bonds. The molecule has 140 valence electrons. The molecule has 5 heteroatoms. The van der Waals surface area contributed by atoms with Crippen molar-refractivity contribution < 1.29 is 5.11 Å². The number of hydrogen-bond donors (Lipinski definition) is 1. The van der Waals surface area contributed by atoms with Gasteiger partial charge in [0.15, 0.2) is 0 Å². The van der Waals surface area contributed by atoms with Crippen molar-refractivity contribution in [2.45, 2.75) is 37.1 Å². The van der Waals surface area contributed by atoms with Crippen molar-refractivity contribution in [3.63, 3.8) is 0 Å². The Morgan fingerprint density at radius 2 is 2.12 bits per heavy atom. The lowest BCUT2D eigenvalue weighted by atomic mass is 9.69. The number of pyridine rings is 1. The van der Waals surface area contributed by atoms with Crippen molar-refractivity contribution in [2.24, 2.45) is 5.41 Å². The van der Waals surface area contributed by atoms with Gasteiger partial charge in [0.1, 0.15) is 5.82 Å². The standard InChI is InChI=1S/C21H29N3OS/c1-15-11-20(22-18-6-5-16(26-3)12-17(15)18)24-10-8-21(14-25)7-4-9-23(2)19(21)13-24/h5-6,11-12,19,25H,4,7-10,13-14H2,1-3H3/t19-,21-/m1/s1. The number of rotatable bonds is 3. The van der Waals surface area contributed by atoms with Gasteiger partial charge in [0, 0.05) is 34.8 Å². The van der Waals surface area contributed by atoms with E-state index in [1.54, 1.807) is 11.8 Å². The number of nitrogens with zero attached hydrogens (tertiary/aromatic N) is 3. The van der Waals surface area contributed by atoms with Gasteiger partial charge in [-0.1, -0.05) is 0 Å². The lowest BCUT2D eigenvalue weighted by molar-refractivity contribution is -0.0277. The largest absolute Gasteiger partial charge is 0.396 e. The summed E-state index contributed by atoms with van der Waals surface area (Å²) in [6.07, 6.45) is 5.50. The van der Waals surface area contributed by atoms with Crippen LogP contribution in [0.25, 0.3) is 10.9 Å². The average molecular weight is 372 g/mol. The summed E-state index contributed by atoms with van der Waals surface area (Å²) in [5.41, 5.74) is 2.44. The molecule has 2 aliphatic heterocycles. The maximum atomic E-state index is 10.1. The zero-order valence-electron chi connectivity index (χ0n) is 16.0. The van der Waals surface area contributed by atoms with Crippen LogP contribution in [0.3, 0.4) is 0 Å². The van der Waals surface area contributed by atoms with Crippen molar-refractivity contribution in [1.82, 2.24) is 9.88 Å². The molecule has 1 aromatic carbocycles. The number of likely N-dealkylation sites (N-methyl/N-ethyl adjacent to an activating group) is 1. The molecule has 2 atom stereocenters.